The lowest BCUT2D eigenvalue weighted by Crippen LogP contribution is -2.40. The molecule has 0 bridgehead atoms. The predicted molar refractivity (Wildman–Crippen MR) is 104 cm³/mol. The molecule has 0 aliphatic heterocycles. The highest BCUT2D eigenvalue weighted by atomic mass is 127. The molecular weight excluding hydrogens is 391 g/mol. The van der Waals surface area contributed by atoms with Gasteiger partial charge in [0, 0.05) is 37.9 Å². The second kappa shape index (κ2) is 10.1. The van der Waals surface area contributed by atoms with Gasteiger partial charge in [0.15, 0.2) is 5.96 Å². The minimum absolute atomic E-state index is 0. The number of nitrogens with zero attached hydrogens (tertiary/aromatic N) is 3. The first-order chi connectivity index (χ1) is 9.95. The van der Waals surface area contributed by atoms with Gasteiger partial charge in [-0.05, 0) is 25.5 Å². The fraction of sp³-hybridized carbons (Fsp3) is 0.688. The Bertz CT molecular complexity index is 455. The van der Waals surface area contributed by atoms with E-state index in [0.717, 1.165) is 25.5 Å². The van der Waals surface area contributed by atoms with Crippen molar-refractivity contribution < 1.29 is 5.11 Å². The lowest BCUT2D eigenvalue weighted by atomic mass is 9.89. The van der Waals surface area contributed by atoms with Crippen LogP contribution in [0, 0.1) is 5.41 Å². The Morgan fingerprint density at radius 3 is 2.59 bits per heavy atom. The van der Waals surface area contributed by atoms with Gasteiger partial charge in [0.2, 0.25) is 0 Å². The summed E-state index contributed by atoms with van der Waals surface area (Å²) in [6.45, 7) is 8.64. The van der Waals surface area contributed by atoms with Gasteiger partial charge in [-0.1, -0.05) is 13.8 Å². The Hall–Kier alpha value is -0.760. The van der Waals surface area contributed by atoms with Crippen molar-refractivity contribution in [1.82, 2.24) is 14.8 Å². The van der Waals surface area contributed by atoms with E-state index in [2.05, 4.69) is 41.6 Å². The molecule has 1 rings (SSSR count). The van der Waals surface area contributed by atoms with Gasteiger partial charge < -0.3 is 19.9 Å². The molecule has 0 aliphatic rings. The molecule has 0 spiro atoms. The van der Waals surface area contributed by atoms with Crippen LogP contribution in [-0.4, -0.2) is 47.3 Å². The summed E-state index contributed by atoms with van der Waals surface area (Å²) in [4.78, 5) is 6.82. The summed E-state index contributed by atoms with van der Waals surface area (Å²) in [5, 5.41) is 12.8. The molecule has 0 fully saturated rings. The van der Waals surface area contributed by atoms with Gasteiger partial charge in [-0.3, -0.25) is 4.99 Å². The number of aliphatic hydroxyl groups is 1. The molecule has 1 aromatic heterocycles. The molecule has 22 heavy (non-hydrogen) atoms. The zero-order valence-electron chi connectivity index (χ0n) is 14.5. The molecule has 128 valence electrons. The van der Waals surface area contributed by atoms with E-state index in [1.165, 1.54) is 5.69 Å². The largest absolute Gasteiger partial charge is 0.396 e. The molecule has 2 N–H and O–H groups in total. The van der Waals surface area contributed by atoms with Gasteiger partial charge in [0.05, 0.1) is 19.7 Å². The molecule has 6 heteroatoms. The number of aliphatic imine (C=N–C) groups is 1. The van der Waals surface area contributed by atoms with Crippen LogP contribution in [0.15, 0.2) is 23.3 Å². The van der Waals surface area contributed by atoms with Crippen molar-refractivity contribution in [3.63, 3.8) is 0 Å². The molecule has 0 radical (unpaired) electrons. The van der Waals surface area contributed by atoms with E-state index in [9.17, 15) is 5.11 Å². The Morgan fingerprint density at radius 1 is 1.45 bits per heavy atom. The van der Waals surface area contributed by atoms with Gasteiger partial charge in [-0.15, -0.1) is 24.0 Å². The highest BCUT2D eigenvalue weighted by molar-refractivity contribution is 14.0. The Kier molecular flexibility index (Phi) is 9.75. The van der Waals surface area contributed by atoms with E-state index >= 15 is 0 Å². The lowest BCUT2D eigenvalue weighted by Gasteiger charge is -2.26. The van der Waals surface area contributed by atoms with Crippen LogP contribution in [0.5, 0.6) is 0 Å². The van der Waals surface area contributed by atoms with Crippen LogP contribution in [0.25, 0.3) is 0 Å². The standard InChI is InChI=1S/C16H30N4O.HI/c1-6-16(3,13-21)12-18-15(17-7-2)20(5)11-14-9-8-10-19(14)4;/h8-10,21H,6-7,11-13H2,1-5H3,(H,17,18);1H. The minimum Gasteiger partial charge on any atom is -0.396 e. The van der Waals surface area contributed by atoms with Gasteiger partial charge in [-0.25, -0.2) is 0 Å². The zero-order chi connectivity index (χ0) is 15.9. The van der Waals surface area contributed by atoms with Crippen LogP contribution in [0.3, 0.4) is 0 Å². The molecule has 1 aromatic rings. The number of halogens is 1. The number of hydrogen-bond acceptors (Lipinski definition) is 2. The van der Waals surface area contributed by atoms with Crippen LogP contribution in [-0.2, 0) is 13.6 Å². The summed E-state index contributed by atoms with van der Waals surface area (Å²) in [6, 6.07) is 4.16. The highest BCUT2D eigenvalue weighted by Crippen LogP contribution is 2.20. The Labute approximate surface area is 151 Å². The molecule has 5 nitrogen and oxygen atoms in total. The van der Waals surface area contributed by atoms with Crippen molar-refractivity contribution in [2.24, 2.45) is 17.5 Å². The van der Waals surface area contributed by atoms with Crippen LogP contribution in [0.2, 0.25) is 0 Å². The normalized spacial score (nSPS) is 14.2. The van der Waals surface area contributed by atoms with E-state index < -0.39 is 0 Å². The molecule has 0 amide bonds. The van der Waals surface area contributed by atoms with Crippen LogP contribution < -0.4 is 5.32 Å². The molecule has 1 heterocycles. The number of guanidine groups is 1. The SMILES string of the molecule is CCNC(=NCC(C)(CC)CO)N(C)Cc1cccn1C.I. The number of rotatable bonds is 7. The molecule has 0 saturated heterocycles. The third-order valence-electron chi connectivity index (χ3n) is 3.99. The summed E-state index contributed by atoms with van der Waals surface area (Å²) in [6.07, 6.45) is 2.96. The van der Waals surface area contributed by atoms with Crippen molar-refractivity contribution in [1.29, 1.82) is 0 Å². The van der Waals surface area contributed by atoms with Gasteiger partial charge in [-0.2, -0.15) is 0 Å². The van der Waals surface area contributed by atoms with E-state index in [1.54, 1.807) is 0 Å². The third-order valence-corrected chi connectivity index (χ3v) is 3.99. The van der Waals surface area contributed by atoms with Crippen molar-refractivity contribution in [2.75, 3.05) is 26.7 Å². The number of aryl methyl sites for hydroxylation is 1. The maximum Gasteiger partial charge on any atom is 0.194 e. The summed E-state index contributed by atoms with van der Waals surface area (Å²) < 4.78 is 2.12. The van der Waals surface area contributed by atoms with Crippen LogP contribution >= 0.6 is 24.0 Å². The van der Waals surface area contributed by atoms with Crippen molar-refractivity contribution in [3.8, 4) is 0 Å². The van der Waals surface area contributed by atoms with Crippen molar-refractivity contribution >= 4 is 29.9 Å². The number of nitrogens with one attached hydrogen (secondary N) is 1. The first kappa shape index (κ1) is 21.2. The fourth-order valence-electron chi connectivity index (χ4n) is 1.99. The Morgan fingerprint density at radius 2 is 2.14 bits per heavy atom. The zero-order valence-corrected chi connectivity index (χ0v) is 16.8. The summed E-state index contributed by atoms with van der Waals surface area (Å²) in [5.41, 5.74) is 1.09. The van der Waals surface area contributed by atoms with Crippen molar-refractivity contribution in [3.05, 3.63) is 24.0 Å². The predicted octanol–water partition coefficient (Wildman–Crippen LogP) is 2.45. The van der Waals surface area contributed by atoms with Crippen LogP contribution in [0.4, 0.5) is 0 Å². The second-order valence-electron chi connectivity index (χ2n) is 5.96. The topological polar surface area (TPSA) is 52.8 Å². The Balaban J connectivity index is 0.00000441. The maximum absolute atomic E-state index is 9.50. The van der Waals surface area contributed by atoms with E-state index in [-0.39, 0.29) is 36.0 Å². The highest BCUT2D eigenvalue weighted by Gasteiger charge is 2.21. The second-order valence-corrected chi connectivity index (χ2v) is 5.96. The minimum atomic E-state index is -0.146. The summed E-state index contributed by atoms with van der Waals surface area (Å²) in [7, 11) is 4.09. The fourth-order valence-corrected chi connectivity index (χ4v) is 1.99. The average Bonchev–Trinajstić information content (AvgIpc) is 2.88. The molecule has 0 aliphatic carbocycles. The molecule has 1 atom stereocenters. The smallest absolute Gasteiger partial charge is 0.194 e. The van der Waals surface area contributed by atoms with Gasteiger partial charge in [0.25, 0.3) is 0 Å². The third kappa shape index (κ3) is 6.16. The number of aliphatic hydroxyl groups excluding tert-OH is 1. The van der Waals surface area contributed by atoms with Gasteiger partial charge >= 0.3 is 0 Å². The summed E-state index contributed by atoms with van der Waals surface area (Å²) in [5.74, 6) is 0.881. The monoisotopic (exact) mass is 422 g/mol. The average molecular weight is 422 g/mol. The first-order valence-electron chi connectivity index (χ1n) is 7.66. The first-order valence-corrected chi connectivity index (χ1v) is 7.66. The molecule has 0 saturated carbocycles. The van der Waals surface area contributed by atoms with Crippen molar-refractivity contribution in [2.45, 2.75) is 33.7 Å². The molecule has 1 unspecified atom stereocenters. The van der Waals surface area contributed by atoms with E-state index in [0.29, 0.717) is 6.54 Å². The molecule has 0 aromatic carbocycles. The quantitative estimate of drug-likeness (QED) is 0.403. The maximum atomic E-state index is 9.50. The lowest BCUT2D eigenvalue weighted by molar-refractivity contribution is 0.145. The van der Waals surface area contributed by atoms with Gasteiger partial charge in [0.1, 0.15) is 0 Å². The van der Waals surface area contributed by atoms with E-state index in [1.807, 2.05) is 26.4 Å². The van der Waals surface area contributed by atoms with Crippen LogP contribution in [0.1, 0.15) is 32.9 Å². The molecular formula is C16H31IN4O. The number of hydrogen-bond donors (Lipinski definition) is 2. The number of aromatic nitrogens is 1. The van der Waals surface area contributed by atoms with E-state index in [4.69, 9.17) is 4.99 Å². The summed E-state index contributed by atoms with van der Waals surface area (Å²) >= 11 is 0.